The first-order chi connectivity index (χ1) is 13.9. The number of anilines is 2. The molecule has 7 nitrogen and oxygen atoms in total. The first-order valence-electron chi connectivity index (χ1n) is 9.92. The minimum atomic E-state index is -0.257. The molecule has 1 fully saturated rings. The van der Waals surface area contributed by atoms with Gasteiger partial charge in [0.25, 0.3) is 11.6 Å². The Balaban J connectivity index is 1.66. The molecule has 0 spiro atoms. The van der Waals surface area contributed by atoms with Crippen molar-refractivity contribution >= 4 is 34.3 Å². The number of pyridine rings is 1. The lowest BCUT2D eigenvalue weighted by Gasteiger charge is -2.27. The zero-order valence-electron chi connectivity index (χ0n) is 16.9. The number of amides is 2. The third-order valence-electron chi connectivity index (χ3n) is 5.21. The van der Waals surface area contributed by atoms with Crippen LogP contribution in [0.1, 0.15) is 60.8 Å². The number of fused-ring (bicyclic) bond motifs is 1. The van der Waals surface area contributed by atoms with E-state index in [0.29, 0.717) is 41.0 Å². The smallest absolute Gasteiger partial charge is 0.259 e. The summed E-state index contributed by atoms with van der Waals surface area (Å²) in [5, 5.41) is 7.54. The van der Waals surface area contributed by atoms with Crippen LogP contribution in [0.15, 0.2) is 34.9 Å². The van der Waals surface area contributed by atoms with Gasteiger partial charge >= 0.3 is 0 Å². The van der Waals surface area contributed by atoms with Gasteiger partial charge in [-0.25, -0.2) is 4.98 Å². The van der Waals surface area contributed by atoms with E-state index in [0.717, 1.165) is 24.2 Å². The van der Waals surface area contributed by atoms with E-state index in [4.69, 9.17) is 4.52 Å². The first kappa shape index (κ1) is 19.1. The molecule has 2 amide bonds. The van der Waals surface area contributed by atoms with Gasteiger partial charge in [-0.3, -0.25) is 9.59 Å². The molecule has 2 aromatic heterocycles. The lowest BCUT2D eigenvalue weighted by Crippen LogP contribution is -2.35. The van der Waals surface area contributed by atoms with Crippen molar-refractivity contribution in [3.8, 4) is 0 Å². The standard InChI is InChI=1S/C22H24N4O3/c1-13(2)18-12-17(20-14(3)25-29-22(20)24-18)21(28)23-15-7-6-8-16(11-15)26-10-5-4-9-19(26)27/h6-8,11-13H,4-5,9-10H2,1-3H3,(H,23,28). The average Bonchev–Trinajstić information content (AvgIpc) is 3.09. The molecule has 0 atom stereocenters. The van der Waals surface area contributed by atoms with E-state index in [2.05, 4.69) is 15.5 Å². The van der Waals surface area contributed by atoms with Crippen molar-refractivity contribution in [3.05, 3.63) is 47.3 Å². The van der Waals surface area contributed by atoms with Gasteiger partial charge in [0.1, 0.15) is 0 Å². The number of carbonyl (C=O) groups excluding carboxylic acids is 2. The SMILES string of the molecule is Cc1noc2nc(C(C)C)cc(C(=O)Nc3cccc(N4CCCCC4=O)c3)c12. The van der Waals surface area contributed by atoms with E-state index in [1.165, 1.54) is 0 Å². The van der Waals surface area contributed by atoms with Gasteiger partial charge in [0, 0.05) is 30.0 Å². The second kappa shape index (κ2) is 7.66. The summed E-state index contributed by atoms with van der Waals surface area (Å²) in [6.45, 7) is 6.52. The molecule has 1 aromatic carbocycles. The molecule has 1 N–H and O–H groups in total. The monoisotopic (exact) mass is 392 g/mol. The molecule has 7 heteroatoms. The fourth-order valence-corrected chi connectivity index (χ4v) is 3.62. The Morgan fingerprint density at radius 2 is 2.07 bits per heavy atom. The van der Waals surface area contributed by atoms with Crippen LogP contribution in [-0.4, -0.2) is 28.5 Å². The maximum atomic E-state index is 13.1. The van der Waals surface area contributed by atoms with Gasteiger partial charge in [-0.05, 0) is 49.9 Å². The number of rotatable bonds is 4. The van der Waals surface area contributed by atoms with Crippen molar-refractivity contribution in [1.82, 2.24) is 10.1 Å². The van der Waals surface area contributed by atoms with Crippen molar-refractivity contribution in [2.75, 3.05) is 16.8 Å². The number of carbonyl (C=O) groups is 2. The van der Waals surface area contributed by atoms with Crippen LogP contribution in [0.2, 0.25) is 0 Å². The van der Waals surface area contributed by atoms with E-state index in [-0.39, 0.29) is 17.7 Å². The van der Waals surface area contributed by atoms with E-state index < -0.39 is 0 Å². The molecule has 1 aliphatic rings. The molecule has 150 valence electrons. The number of benzene rings is 1. The molecular weight excluding hydrogens is 368 g/mol. The number of hydrogen-bond acceptors (Lipinski definition) is 5. The third kappa shape index (κ3) is 3.72. The Kier molecular flexibility index (Phi) is 5.05. The Labute approximate surface area is 169 Å². The summed E-state index contributed by atoms with van der Waals surface area (Å²) >= 11 is 0. The molecule has 1 saturated heterocycles. The highest BCUT2D eigenvalue weighted by Crippen LogP contribution is 2.27. The second-order valence-corrected chi connectivity index (χ2v) is 7.70. The highest BCUT2D eigenvalue weighted by molar-refractivity contribution is 6.12. The summed E-state index contributed by atoms with van der Waals surface area (Å²) in [5.41, 5.74) is 3.68. The summed E-state index contributed by atoms with van der Waals surface area (Å²) in [5.74, 6) is 0.00904. The third-order valence-corrected chi connectivity index (χ3v) is 5.21. The van der Waals surface area contributed by atoms with E-state index in [1.807, 2.05) is 38.1 Å². The summed E-state index contributed by atoms with van der Waals surface area (Å²) in [6, 6.07) is 9.19. The number of aromatic nitrogens is 2. The average molecular weight is 392 g/mol. The molecule has 0 aliphatic carbocycles. The van der Waals surface area contributed by atoms with Gasteiger partial charge in [0.2, 0.25) is 5.91 Å². The molecule has 3 aromatic rings. The summed E-state index contributed by atoms with van der Waals surface area (Å²) in [6.07, 6.45) is 2.48. The minimum Gasteiger partial charge on any atom is -0.336 e. The number of aryl methyl sites for hydroxylation is 1. The van der Waals surface area contributed by atoms with Crippen molar-refractivity contribution in [3.63, 3.8) is 0 Å². The fraction of sp³-hybridized carbons (Fsp3) is 0.364. The Bertz CT molecular complexity index is 1090. The second-order valence-electron chi connectivity index (χ2n) is 7.70. The highest BCUT2D eigenvalue weighted by atomic mass is 16.5. The van der Waals surface area contributed by atoms with Crippen molar-refractivity contribution in [1.29, 1.82) is 0 Å². The van der Waals surface area contributed by atoms with E-state index >= 15 is 0 Å². The van der Waals surface area contributed by atoms with E-state index in [9.17, 15) is 9.59 Å². The molecule has 4 rings (SSSR count). The van der Waals surface area contributed by atoms with Gasteiger partial charge in [0.05, 0.1) is 16.6 Å². The largest absolute Gasteiger partial charge is 0.336 e. The topological polar surface area (TPSA) is 88.3 Å². The zero-order valence-corrected chi connectivity index (χ0v) is 16.9. The van der Waals surface area contributed by atoms with Gasteiger partial charge in [-0.1, -0.05) is 25.1 Å². The van der Waals surface area contributed by atoms with Gasteiger partial charge in [-0.2, -0.15) is 0 Å². The lowest BCUT2D eigenvalue weighted by atomic mass is 10.0. The number of nitrogens with zero attached hydrogens (tertiary/aromatic N) is 3. The highest BCUT2D eigenvalue weighted by Gasteiger charge is 2.22. The molecule has 0 bridgehead atoms. The molecule has 0 saturated carbocycles. The molecular formula is C22H24N4O3. The molecule has 29 heavy (non-hydrogen) atoms. The Morgan fingerprint density at radius 3 is 2.83 bits per heavy atom. The Morgan fingerprint density at radius 1 is 1.24 bits per heavy atom. The van der Waals surface area contributed by atoms with Crippen molar-refractivity contribution < 1.29 is 14.1 Å². The quantitative estimate of drug-likeness (QED) is 0.710. The fourth-order valence-electron chi connectivity index (χ4n) is 3.62. The molecule has 3 heterocycles. The van der Waals surface area contributed by atoms with Crippen LogP contribution in [0.25, 0.3) is 11.1 Å². The summed E-state index contributed by atoms with van der Waals surface area (Å²) in [4.78, 5) is 31.6. The Hall–Kier alpha value is -3.22. The minimum absolute atomic E-state index is 0.122. The van der Waals surface area contributed by atoms with Crippen LogP contribution in [0.3, 0.4) is 0 Å². The van der Waals surface area contributed by atoms with Gasteiger partial charge in [0.15, 0.2) is 0 Å². The molecule has 1 aliphatic heterocycles. The number of hydrogen-bond donors (Lipinski definition) is 1. The van der Waals surface area contributed by atoms with E-state index in [1.54, 1.807) is 17.9 Å². The maximum Gasteiger partial charge on any atom is 0.259 e. The molecule has 0 unspecified atom stereocenters. The zero-order chi connectivity index (χ0) is 20.5. The number of nitrogens with one attached hydrogen (secondary N) is 1. The van der Waals surface area contributed by atoms with Crippen LogP contribution in [0.4, 0.5) is 11.4 Å². The molecule has 0 radical (unpaired) electrons. The summed E-state index contributed by atoms with van der Waals surface area (Å²) in [7, 11) is 0. The van der Waals surface area contributed by atoms with Crippen LogP contribution in [0, 0.1) is 6.92 Å². The van der Waals surface area contributed by atoms with Gasteiger partial charge in [-0.15, -0.1) is 0 Å². The van der Waals surface area contributed by atoms with Crippen LogP contribution < -0.4 is 10.2 Å². The van der Waals surface area contributed by atoms with Crippen LogP contribution in [0.5, 0.6) is 0 Å². The maximum absolute atomic E-state index is 13.1. The number of piperidine rings is 1. The van der Waals surface area contributed by atoms with Crippen molar-refractivity contribution in [2.24, 2.45) is 0 Å². The normalized spacial score (nSPS) is 14.6. The van der Waals surface area contributed by atoms with Gasteiger partial charge < -0.3 is 14.7 Å². The predicted molar refractivity (Wildman–Crippen MR) is 111 cm³/mol. The van der Waals surface area contributed by atoms with Crippen molar-refractivity contribution in [2.45, 2.75) is 46.0 Å². The van der Waals surface area contributed by atoms with Crippen LogP contribution in [-0.2, 0) is 4.79 Å². The first-order valence-corrected chi connectivity index (χ1v) is 9.92. The van der Waals surface area contributed by atoms with Crippen LogP contribution >= 0.6 is 0 Å². The predicted octanol–water partition coefficient (Wildman–Crippen LogP) is 4.42. The summed E-state index contributed by atoms with van der Waals surface area (Å²) < 4.78 is 5.31. The lowest BCUT2D eigenvalue weighted by molar-refractivity contribution is -0.119.